The third kappa shape index (κ3) is 2.75. The highest BCUT2D eigenvalue weighted by molar-refractivity contribution is 7.92. The van der Waals surface area contributed by atoms with Crippen LogP contribution in [0.4, 0.5) is 5.69 Å². The van der Waals surface area contributed by atoms with Crippen LogP contribution in [-0.4, -0.2) is 15.0 Å². The van der Waals surface area contributed by atoms with Gasteiger partial charge in [-0.05, 0) is 29.0 Å². The molecule has 0 radical (unpaired) electrons. The van der Waals surface area contributed by atoms with Crippen LogP contribution in [0, 0.1) is 0 Å². The highest BCUT2D eigenvalue weighted by Crippen LogP contribution is 2.40. The fourth-order valence-corrected chi connectivity index (χ4v) is 4.65. The van der Waals surface area contributed by atoms with Gasteiger partial charge in [-0.25, -0.2) is 8.42 Å². The van der Waals surface area contributed by atoms with E-state index in [4.69, 9.17) is 0 Å². The van der Waals surface area contributed by atoms with Crippen molar-refractivity contribution in [1.29, 1.82) is 0 Å². The number of hydrogen-bond donors (Lipinski definition) is 0. The standard InChI is InChI=1S/C18H21NO2S/c1-18(2)12-13-19(17-11-7-6-10-16(17)18)22(20,21)14-15-8-4-3-5-9-15/h3-11H,12-14H2,1-2H3. The Bertz CT molecular complexity index is 767. The van der Waals surface area contributed by atoms with E-state index in [0.29, 0.717) is 6.54 Å². The third-order valence-corrected chi connectivity index (χ3v) is 6.12. The number of rotatable bonds is 3. The van der Waals surface area contributed by atoms with E-state index in [1.165, 1.54) is 0 Å². The maximum absolute atomic E-state index is 12.9. The Morgan fingerprint density at radius 2 is 1.64 bits per heavy atom. The van der Waals surface area contributed by atoms with Crippen LogP contribution < -0.4 is 4.31 Å². The lowest BCUT2D eigenvalue weighted by molar-refractivity contribution is 0.467. The molecule has 3 rings (SSSR count). The quantitative estimate of drug-likeness (QED) is 0.866. The molecule has 0 aromatic heterocycles. The highest BCUT2D eigenvalue weighted by atomic mass is 32.2. The first-order chi connectivity index (χ1) is 10.4. The van der Waals surface area contributed by atoms with Gasteiger partial charge < -0.3 is 0 Å². The van der Waals surface area contributed by atoms with Gasteiger partial charge in [0.15, 0.2) is 0 Å². The van der Waals surface area contributed by atoms with Crippen LogP contribution in [0.5, 0.6) is 0 Å². The van der Waals surface area contributed by atoms with E-state index in [0.717, 1.165) is 23.2 Å². The Balaban J connectivity index is 1.98. The number of hydrogen-bond acceptors (Lipinski definition) is 2. The van der Waals surface area contributed by atoms with Crippen LogP contribution in [0.3, 0.4) is 0 Å². The maximum atomic E-state index is 12.9. The van der Waals surface area contributed by atoms with Gasteiger partial charge in [0.25, 0.3) is 0 Å². The van der Waals surface area contributed by atoms with E-state index in [-0.39, 0.29) is 11.2 Å². The summed E-state index contributed by atoms with van der Waals surface area (Å²) in [5, 5.41) is 0. The van der Waals surface area contributed by atoms with Gasteiger partial charge in [0.05, 0.1) is 11.4 Å². The van der Waals surface area contributed by atoms with Crippen molar-refractivity contribution in [3.05, 3.63) is 65.7 Å². The summed E-state index contributed by atoms with van der Waals surface area (Å²) in [6, 6.07) is 17.2. The van der Waals surface area contributed by atoms with Gasteiger partial charge in [-0.1, -0.05) is 62.4 Å². The highest BCUT2D eigenvalue weighted by Gasteiger charge is 2.35. The summed E-state index contributed by atoms with van der Waals surface area (Å²) in [4.78, 5) is 0. The molecule has 22 heavy (non-hydrogen) atoms. The normalized spacial score (nSPS) is 17.1. The number of sulfonamides is 1. The summed E-state index contributed by atoms with van der Waals surface area (Å²) in [6.07, 6.45) is 0.831. The van der Waals surface area contributed by atoms with Gasteiger partial charge in [-0.3, -0.25) is 4.31 Å². The van der Waals surface area contributed by atoms with Crippen LogP contribution in [0.2, 0.25) is 0 Å². The monoisotopic (exact) mass is 315 g/mol. The van der Waals surface area contributed by atoms with E-state index in [1.807, 2.05) is 54.6 Å². The lowest BCUT2D eigenvalue weighted by Gasteiger charge is -2.39. The zero-order chi connectivity index (χ0) is 15.8. The molecule has 4 heteroatoms. The molecule has 116 valence electrons. The van der Waals surface area contributed by atoms with Gasteiger partial charge in [0.2, 0.25) is 10.0 Å². The molecule has 3 nitrogen and oxygen atoms in total. The zero-order valence-corrected chi connectivity index (χ0v) is 13.8. The molecule has 1 aliphatic heterocycles. The lowest BCUT2D eigenvalue weighted by Crippen LogP contribution is -2.41. The first-order valence-electron chi connectivity index (χ1n) is 7.54. The molecule has 0 fully saturated rings. The minimum absolute atomic E-state index is 0.00929. The Morgan fingerprint density at radius 3 is 2.36 bits per heavy atom. The molecule has 1 aliphatic rings. The van der Waals surface area contributed by atoms with Gasteiger partial charge in [0, 0.05) is 6.54 Å². The van der Waals surface area contributed by atoms with Crippen LogP contribution in [0.25, 0.3) is 0 Å². The Morgan fingerprint density at radius 1 is 1.00 bits per heavy atom. The fourth-order valence-electron chi connectivity index (χ4n) is 3.05. The predicted octanol–water partition coefficient (Wildman–Crippen LogP) is 3.70. The molecule has 0 N–H and O–H groups in total. The van der Waals surface area contributed by atoms with Crippen molar-refractivity contribution in [3.63, 3.8) is 0 Å². The first-order valence-corrected chi connectivity index (χ1v) is 9.15. The smallest absolute Gasteiger partial charge is 0.239 e. The van der Waals surface area contributed by atoms with Gasteiger partial charge in [0.1, 0.15) is 0 Å². The maximum Gasteiger partial charge on any atom is 0.239 e. The van der Waals surface area contributed by atoms with Crippen molar-refractivity contribution in [2.45, 2.75) is 31.4 Å². The molecule has 0 saturated carbocycles. The fraction of sp³-hybridized carbons (Fsp3) is 0.333. The van der Waals surface area contributed by atoms with E-state index in [9.17, 15) is 8.42 Å². The van der Waals surface area contributed by atoms with Crippen LogP contribution >= 0.6 is 0 Å². The molecular weight excluding hydrogens is 294 g/mol. The molecule has 0 aliphatic carbocycles. The summed E-state index contributed by atoms with van der Waals surface area (Å²) < 4.78 is 27.3. The number of fused-ring (bicyclic) bond motifs is 1. The Kier molecular flexibility index (Phi) is 3.73. The van der Waals surface area contributed by atoms with Crippen molar-refractivity contribution in [1.82, 2.24) is 0 Å². The second kappa shape index (κ2) is 5.43. The molecule has 0 amide bonds. The molecule has 2 aromatic rings. The predicted molar refractivity (Wildman–Crippen MR) is 90.5 cm³/mol. The molecule has 0 spiro atoms. The van der Waals surface area contributed by atoms with Crippen LogP contribution in [0.15, 0.2) is 54.6 Å². The van der Waals surface area contributed by atoms with Gasteiger partial charge in [-0.2, -0.15) is 0 Å². The number of nitrogens with zero attached hydrogens (tertiary/aromatic N) is 1. The van der Waals surface area contributed by atoms with Crippen molar-refractivity contribution >= 4 is 15.7 Å². The van der Waals surface area contributed by atoms with E-state index in [1.54, 1.807) is 4.31 Å². The van der Waals surface area contributed by atoms with Crippen molar-refractivity contribution in [2.75, 3.05) is 10.8 Å². The number of para-hydroxylation sites is 1. The van der Waals surface area contributed by atoms with Gasteiger partial charge in [-0.15, -0.1) is 0 Å². The Hall–Kier alpha value is -1.81. The third-order valence-electron chi connectivity index (χ3n) is 4.37. The van der Waals surface area contributed by atoms with E-state index in [2.05, 4.69) is 13.8 Å². The average Bonchev–Trinajstić information content (AvgIpc) is 2.47. The molecule has 0 saturated heterocycles. The average molecular weight is 315 g/mol. The molecule has 1 heterocycles. The summed E-state index contributed by atoms with van der Waals surface area (Å²) in [7, 11) is -3.37. The summed E-state index contributed by atoms with van der Waals surface area (Å²) in [5.41, 5.74) is 2.77. The summed E-state index contributed by atoms with van der Waals surface area (Å²) in [5.74, 6) is 0.0442. The van der Waals surface area contributed by atoms with Crippen LogP contribution in [-0.2, 0) is 21.2 Å². The largest absolute Gasteiger partial charge is 0.270 e. The molecule has 0 bridgehead atoms. The molecule has 0 unspecified atom stereocenters. The summed E-state index contributed by atoms with van der Waals surface area (Å²) in [6.45, 7) is 4.89. The second-order valence-corrected chi connectivity index (χ2v) is 8.36. The topological polar surface area (TPSA) is 37.4 Å². The summed E-state index contributed by atoms with van der Waals surface area (Å²) >= 11 is 0. The minimum Gasteiger partial charge on any atom is -0.270 e. The molecular formula is C18H21NO2S. The van der Waals surface area contributed by atoms with Crippen molar-refractivity contribution in [2.24, 2.45) is 0 Å². The van der Waals surface area contributed by atoms with Crippen molar-refractivity contribution in [3.8, 4) is 0 Å². The zero-order valence-electron chi connectivity index (χ0n) is 13.0. The molecule has 0 atom stereocenters. The van der Waals surface area contributed by atoms with E-state index >= 15 is 0 Å². The second-order valence-electron chi connectivity index (χ2n) is 6.46. The van der Waals surface area contributed by atoms with Crippen LogP contribution in [0.1, 0.15) is 31.4 Å². The minimum atomic E-state index is -3.37. The van der Waals surface area contributed by atoms with Crippen molar-refractivity contribution < 1.29 is 8.42 Å². The lowest BCUT2D eigenvalue weighted by atomic mass is 9.78. The Labute approximate surface area is 132 Å². The molecule has 2 aromatic carbocycles. The number of anilines is 1. The first kappa shape index (κ1) is 15.1. The SMILES string of the molecule is CC1(C)CCN(S(=O)(=O)Cc2ccccc2)c2ccccc21. The number of benzene rings is 2. The van der Waals surface area contributed by atoms with Gasteiger partial charge >= 0.3 is 0 Å². The van der Waals surface area contributed by atoms with E-state index < -0.39 is 10.0 Å².